The molecule has 0 saturated carbocycles. The zero-order chi connectivity index (χ0) is 12.6. The summed E-state index contributed by atoms with van der Waals surface area (Å²) in [4.78, 5) is 0. The van der Waals surface area contributed by atoms with Gasteiger partial charge in [0, 0.05) is 31.2 Å². The lowest BCUT2D eigenvalue weighted by atomic mass is 10.0. The van der Waals surface area contributed by atoms with Crippen LogP contribution in [0.15, 0.2) is 30.3 Å². The van der Waals surface area contributed by atoms with Gasteiger partial charge in [0.1, 0.15) is 5.82 Å². The molecule has 0 aliphatic heterocycles. The number of nitrogen functional groups attached to an aromatic ring is 1. The van der Waals surface area contributed by atoms with Crippen molar-refractivity contribution >= 4 is 5.82 Å². The van der Waals surface area contributed by atoms with Gasteiger partial charge in [-0.1, -0.05) is 24.3 Å². The first-order valence-electron chi connectivity index (χ1n) is 5.17. The number of alkyl halides is 2. The van der Waals surface area contributed by atoms with Crippen molar-refractivity contribution in [1.82, 2.24) is 9.78 Å². The Morgan fingerprint density at radius 3 is 2.47 bits per heavy atom. The van der Waals surface area contributed by atoms with Gasteiger partial charge < -0.3 is 5.73 Å². The topological polar surface area (TPSA) is 43.8 Å². The van der Waals surface area contributed by atoms with Crippen molar-refractivity contribution in [3.8, 4) is 11.3 Å². The summed E-state index contributed by atoms with van der Waals surface area (Å²) in [5.74, 6) is -2.46. The smallest absolute Gasteiger partial charge is 0.271 e. The molecule has 0 aliphatic rings. The van der Waals surface area contributed by atoms with Crippen LogP contribution in [0.4, 0.5) is 14.6 Å². The quantitative estimate of drug-likeness (QED) is 0.872. The van der Waals surface area contributed by atoms with Crippen LogP contribution in [-0.2, 0) is 13.0 Å². The predicted octanol–water partition coefficient (Wildman–Crippen LogP) is 2.78. The van der Waals surface area contributed by atoms with Gasteiger partial charge in [-0.05, 0) is 0 Å². The number of hydrogen-bond donors (Lipinski definition) is 1. The van der Waals surface area contributed by atoms with E-state index in [1.807, 2.05) is 0 Å². The Kier molecular flexibility index (Phi) is 2.61. The van der Waals surface area contributed by atoms with Crippen molar-refractivity contribution in [1.29, 1.82) is 0 Å². The fourth-order valence-corrected chi connectivity index (χ4v) is 1.70. The van der Waals surface area contributed by atoms with Gasteiger partial charge in [0.15, 0.2) is 0 Å². The Morgan fingerprint density at radius 1 is 1.29 bits per heavy atom. The molecule has 0 spiro atoms. The molecule has 0 radical (unpaired) electrons. The second-order valence-electron chi connectivity index (χ2n) is 4.01. The van der Waals surface area contributed by atoms with Gasteiger partial charge in [-0.15, -0.1) is 0 Å². The number of rotatable bonds is 2. The lowest BCUT2D eigenvalue weighted by molar-refractivity contribution is 0.0181. The third-order valence-electron chi connectivity index (χ3n) is 2.59. The molecule has 17 heavy (non-hydrogen) atoms. The van der Waals surface area contributed by atoms with Crippen LogP contribution < -0.4 is 5.73 Å². The molecule has 90 valence electrons. The van der Waals surface area contributed by atoms with Crippen LogP contribution in [-0.4, -0.2) is 9.78 Å². The Labute approximate surface area is 97.9 Å². The highest BCUT2D eigenvalue weighted by atomic mass is 19.3. The van der Waals surface area contributed by atoms with E-state index in [4.69, 9.17) is 5.73 Å². The number of hydrogen-bond acceptors (Lipinski definition) is 2. The molecule has 0 bridgehead atoms. The van der Waals surface area contributed by atoms with Crippen molar-refractivity contribution < 1.29 is 8.78 Å². The molecule has 2 N–H and O–H groups in total. The maximum Gasteiger partial charge on any atom is 0.271 e. The summed E-state index contributed by atoms with van der Waals surface area (Å²) in [7, 11) is 1.67. The highest BCUT2D eigenvalue weighted by molar-refractivity contribution is 5.67. The van der Waals surface area contributed by atoms with E-state index in [0.717, 1.165) is 6.92 Å². The van der Waals surface area contributed by atoms with E-state index in [1.54, 1.807) is 31.3 Å². The molecule has 0 fully saturated rings. The average Bonchev–Trinajstić information content (AvgIpc) is 2.58. The average molecular weight is 237 g/mol. The van der Waals surface area contributed by atoms with Crippen molar-refractivity contribution in [2.45, 2.75) is 12.8 Å². The standard InChI is InChI=1S/C12H13F2N3/c1-12(13,14)9-6-4-3-5-8(9)10-7-11(15)17(2)16-10/h3-7H,15H2,1-2H3. The highest BCUT2D eigenvalue weighted by Crippen LogP contribution is 2.35. The third-order valence-corrected chi connectivity index (χ3v) is 2.59. The molecule has 5 heteroatoms. The zero-order valence-corrected chi connectivity index (χ0v) is 9.61. The van der Waals surface area contributed by atoms with Crippen LogP contribution in [0.2, 0.25) is 0 Å². The second kappa shape index (κ2) is 3.84. The molecule has 2 aromatic rings. The van der Waals surface area contributed by atoms with Gasteiger partial charge in [0.2, 0.25) is 0 Å². The first kappa shape index (κ1) is 11.6. The van der Waals surface area contributed by atoms with E-state index in [2.05, 4.69) is 5.10 Å². The first-order chi connectivity index (χ1) is 7.89. The van der Waals surface area contributed by atoms with Crippen molar-refractivity contribution in [2.75, 3.05) is 5.73 Å². The molecule has 0 aliphatic carbocycles. The third kappa shape index (κ3) is 2.13. The summed E-state index contributed by atoms with van der Waals surface area (Å²) in [5, 5.41) is 4.11. The molecular weight excluding hydrogens is 224 g/mol. The number of aromatic nitrogens is 2. The van der Waals surface area contributed by atoms with Gasteiger partial charge in [-0.3, -0.25) is 4.68 Å². The van der Waals surface area contributed by atoms with Gasteiger partial charge in [0.05, 0.1) is 5.69 Å². The van der Waals surface area contributed by atoms with E-state index >= 15 is 0 Å². The Bertz CT molecular complexity index is 521. The van der Waals surface area contributed by atoms with E-state index < -0.39 is 5.92 Å². The molecule has 1 aromatic heterocycles. The van der Waals surface area contributed by atoms with Gasteiger partial charge in [0.25, 0.3) is 5.92 Å². The monoisotopic (exact) mass is 237 g/mol. The highest BCUT2D eigenvalue weighted by Gasteiger charge is 2.28. The lowest BCUT2D eigenvalue weighted by Crippen LogP contribution is -2.08. The van der Waals surface area contributed by atoms with Crippen LogP contribution in [0.5, 0.6) is 0 Å². The largest absolute Gasteiger partial charge is 0.384 e. The fraction of sp³-hybridized carbons (Fsp3) is 0.250. The molecule has 1 aromatic carbocycles. The van der Waals surface area contributed by atoms with Crippen LogP contribution in [0, 0.1) is 0 Å². The number of benzene rings is 1. The zero-order valence-electron chi connectivity index (χ0n) is 9.61. The summed E-state index contributed by atoms with van der Waals surface area (Å²) in [6.45, 7) is 0.873. The number of aryl methyl sites for hydroxylation is 1. The molecule has 3 nitrogen and oxygen atoms in total. The fourth-order valence-electron chi connectivity index (χ4n) is 1.70. The van der Waals surface area contributed by atoms with E-state index in [0.29, 0.717) is 17.1 Å². The van der Waals surface area contributed by atoms with Crippen LogP contribution in [0.25, 0.3) is 11.3 Å². The van der Waals surface area contributed by atoms with Gasteiger partial charge >= 0.3 is 0 Å². The Hall–Kier alpha value is -1.91. The molecule has 0 amide bonds. The number of anilines is 1. The van der Waals surface area contributed by atoms with E-state index in [-0.39, 0.29) is 5.56 Å². The van der Waals surface area contributed by atoms with Crippen molar-refractivity contribution in [2.24, 2.45) is 7.05 Å². The van der Waals surface area contributed by atoms with Gasteiger partial charge in [-0.25, -0.2) is 8.78 Å². The summed E-state index contributed by atoms with van der Waals surface area (Å²) < 4.78 is 28.3. The SMILES string of the molecule is Cn1nc(-c2ccccc2C(C)(F)F)cc1N. The van der Waals surface area contributed by atoms with Crippen LogP contribution in [0.3, 0.4) is 0 Å². The normalized spacial score (nSPS) is 11.8. The molecule has 0 saturated heterocycles. The maximum absolute atomic E-state index is 13.4. The molecule has 2 rings (SSSR count). The van der Waals surface area contributed by atoms with Crippen molar-refractivity contribution in [3.63, 3.8) is 0 Å². The summed E-state index contributed by atoms with van der Waals surface area (Å²) >= 11 is 0. The van der Waals surface area contributed by atoms with Crippen LogP contribution in [0.1, 0.15) is 12.5 Å². The number of halogens is 2. The summed E-state index contributed by atoms with van der Waals surface area (Å²) in [6.07, 6.45) is 0. The maximum atomic E-state index is 13.4. The number of nitrogens with zero attached hydrogens (tertiary/aromatic N) is 2. The van der Waals surface area contributed by atoms with Gasteiger partial charge in [-0.2, -0.15) is 5.10 Å². The number of nitrogens with two attached hydrogens (primary N) is 1. The van der Waals surface area contributed by atoms with Crippen molar-refractivity contribution in [3.05, 3.63) is 35.9 Å². The van der Waals surface area contributed by atoms with Crippen LogP contribution >= 0.6 is 0 Å². The first-order valence-corrected chi connectivity index (χ1v) is 5.17. The molecular formula is C12H13F2N3. The Balaban J connectivity index is 2.60. The summed E-state index contributed by atoms with van der Waals surface area (Å²) in [5.41, 5.74) is 6.48. The van der Waals surface area contributed by atoms with E-state index in [9.17, 15) is 8.78 Å². The predicted molar refractivity (Wildman–Crippen MR) is 62.6 cm³/mol. The molecule has 0 unspecified atom stereocenters. The summed E-state index contributed by atoms with van der Waals surface area (Å²) in [6, 6.07) is 7.90. The minimum atomic E-state index is -2.90. The van der Waals surface area contributed by atoms with E-state index in [1.165, 1.54) is 10.7 Å². The second-order valence-corrected chi connectivity index (χ2v) is 4.01. The molecule has 1 heterocycles. The minimum Gasteiger partial charge on any atom is -0.384 e. The minimum absolute atomic E-state index is 0.0434. The Morgan fingerprint density at radius 2 is 1.94 bits per heavy atom. The molecule has 0 atom stereocenters. The lowest BCUT2D eigenvalue weighted by Gasteiger charge is -2.14.